The quantitative estimate of drug-likeness (QED) is 0.156. The van der Waals surface area contributed by atoms with Crippen LogP contribution >= 0.6 is 0 Å². The van der Waals surface area contributed by atoms with Gasteiger partial charge in [-0.15, -0.1) is 0 Å². The number of rotatable bonds is 4. The molecule has 0 spiro atoms. The molecule has 0 bridgehead atoms. The standard InChI is InChI=1S/C64H47N/c1-63(2)52-32-19-33-53-62(52)65-60-50(34-40(36-54(60)63)58-46-28-15-11-24-42(46)56(38-20-7-5-8-21-38)43-25-12-16-29-47(43)58)51-35-41(37-55(61(51)65)64(53,3)4)59-48-30-17-13-26-44(48)57(39-22-9-6-10-23-39)45-27-14-18-31-49(45)59/h5-17,19-30,32-37H,18,31H2,1-4H3. The Morgan fingerprint density at radius 3 is 1.29 bits per heavy atom. The second-order valence-electron chi connectivity index (χ2n) is 19.8. The molecule has 1 aromatic heterocycles. The van der Waals surface area contributed by atoms with Crippen molar-refractivity contribution in [1.29, 1.82) is 0 Å². The van der Waals surface area contributed by atoms with E-state index in [1.807, 2.05) is 0 Å². The van der Waals surface area contributed by atoms with E-state index in [9.17, 15) is 0 Å². The van der Waals surface area contributed by atoms with Crippen molar-refractivity contribution in [2.75, 3.05) is 0 Å². The van der Waals surface area contributed by atoms with E-state index in [1.165, 1.54) is 138 Å². The van der Waals surface area contributed by atoms with Crippen LogP contribution in [0.5, 0.6) is 0 Å². The van der Waals surface area contributed by atoms with Gasteiger partial charge in [0, 0.05) is 21.6 Å². The van der Waals surface area contributed by atoms with E-state index in [1.54, 1.807) is 0 Å². The average molecular weight is 830 g/mol. The minimum Gasteiger partial charge on any atom is -0.308 e. The lowest BCUT2D eigenvalue weighted by atomic mass is 9.68. The van der Waals surface area contributed by atoms with Gasteiger partial charge in [-0.1, -0.05) is 192 Å². The van der Waals surface area contributed by atoms with Crippen LogP contribution in [0.3, 0.4) is 0 Å². The zero-order valence-corrected chi connectivity index (χ0v) is 37.3. The second kappa shape index (κ2) is 13.1. The first-order valence-corrected chi connectivity index (χ1v) is 23.4. The first kappa shape index (κ1) is 36.9. The molecule has 10 aromatic carbocycles. The molecule has 0 amide bonds. The van der Waals surface area contributed by atoms with Gasteiger partial charge in [0.2, 0.25) is 0 Å². The lowest BCUT2D eigenvalue weighted by Crippen LogP contribution is -2.33. The Labute approximate surface area is 379 Å². The summed E-state index contributed by atoms with van der Waals surface area (Å²) >= 11 is 0. The summed E-state index contributed by atoms with van der Waals surface area (Å²) in [6, 6.07) is 66.8. The van der Waals surface area contributed by atoms with Gasteiger partial charge in [-0.2, -0.15) is 0 Å². The molecule has 308 valence electrons. The molecular formula is C64H47N. The van der Waals surface area contributed by atoms with Crippen LogP contribution in [0.2, 0.25) is 0 Å². The first-order chi connectivity index (χ1) is 31.8. The number of para-hydroxylation sites is 1. The minimum atomic E-state index is -0.245. The Kier molecular flexibility index (Phi) is 7.42. The minimum absolute atomic E-state index is 0.236. The van der Waals surface area contributed by atoms with Crippen molar-refractivity contribution in [3.05, 3.63) is 215 Å². The predicted molar refractivity (Wildman–Crippen MR) is 277 cm³/mol. The van der Waals surface area contributed by atoms with E-state index >= 15 is 0 Å². The maximum atomic E-state index is 2.69. The van der Waals surface area contributed by atoms with Crippen molar-refractivity contribution in [2.45, 2.75) is 51.4 Å². The van der Waals surface area contributed by atoms with Crippen molar-refractivity contribution >= 4 is 60.2 Å². The summed E-state index contributed by atoms with van der Waals surface area (Å²) in [7, 11) is 0. The van der Waals surface area contributed by atoms with Crippen molar-refractivity contribution in [1.82, 2.24) is 4.57 Å². The van der Waals surface area contributed by atoms with Crippen LogP contribution in [-0.4, -0.2) is 4.57 Å². The second-order valence-corrected chi connectivity index (χ2v) is 19.8. The summed E-state index contributed by atoms with van der Waals surface area (Å²) in [4.78, 5) is 0. The largest absolute Gasteiger partial charge is 0.308 e. The van der Waals surface area contributed by atoms with E-state index in [4.69, 9.17) is 0 Å². The van der Waals surface area contributed by atoms with Gasteiger partial charge in [0.1, 0.15) is 0 Å². The molecule has 65 heavy (non-hydrogen) atoms. The molecule has 0 radical (unpaired) electrons. The average Bonchev–Trinajstić information content (AvgIpc) is 3.67. The summed E-state index contributed by atoms with van der Waals surface area (Å²) in [5.41, 5.74) is 22.5. The Morgan fingerprint density at radius 1 is 0.369 bits per heavy atom. The maximum Gasteiger partial charge on any atom is 0.0582 e. The molecule has 0 fully saturated rings. The highest BCUT2D eigenvalue weighted by atomic mass is 15.0. The lowest BCUT2D eigenvalue weighted by molar-refractivity contribution is 0.594. The molecule has 0 saturated carbocycles. The summed E-state index contributed by atoms with van der Waals surface area (Å²) in [6.07, 6.45) is 6.84. The van der Waals surface area contributed by atoms with Crippen molar-refractivity contribution in [3.8, 4) is 50.2 Å². The number of fused-ring (bicyclic) bond motifs is 5. The molecule has 1 heteroatoms. The van der Waals surface area contributed by atoms with E-state index < -0.39 is 0 Å². The highest BCUT2D eigenvalue weighted by Gasteiger charge is 2.44. The Morgan fingerprint density at radius 2 is 0.785 bits per heavy atom. The molecule has 1 aliphatic carbocycles. The fourth-order valence-corrected chi connectivity index (χ4v) is 12.8. The van der Waals surface area contributed by atoms with Crippen LogP contribution in [0.25, 0.3) is 110 Å². The molecule has 2 aliphatic heterocycles. The van der Waals surface area contributed by atoms with Gasteiger partial charge < -0.3 is 4.57 Å². The fraction of sp³-hybridized carbons (Fsp3) is 0.125. The Bertz CT molecular complexity index is 3850. The van der Waals surface area contributed by atoms with Crippen LogP contribution < -0.4 is 0 Å². The Balaban J connectivity index is 1.15. The number of nitrogens with zero attached hydrogens (tertiary/aromatic N) is 1. The van der Waals surface area contributed by atoms with E-state index in [0.29, 0.717) is 0 Å². The topological polar surface area (TPSA) is 4.93 Å². The Hall–Kier alpha value is -7.48. The summed E-state index contributed by atoms with van der Waals surface area (Å²) in [5.74, 6) is 0. The smallest absolute Gasteiger partial charge is 0.0582 e. The number of allylic oxidation sites excluding steroid dienone is 1. The maximum absolute atomic E-state index is 2.69. The van der Waals surface area contributed by atoms with E-state index in [2.05, 4.69) is 220 Å². The van der Waals surface area contributed by atoms with Gasteiger partial charge in [0.15, 0.2) is 0 Å². The number of hydrogen-bond donors (Lipinski definition) is 0. The van der Waals surface area contributed by atoms with Crippen LogP contribution in [0.1, 0.15) is 67.5 Å². The molecule has 14 rings (SSSR count). The van der Waals surface area contributed by atoms with E-state index in [0.717, 1.165) is 12.8 Å². The van der Waals surface area contributed by atoms with Gasteiger partial charge in [-0.25, -0.2) is 0 Å². The highest BCUT2D eigenvalue weighted by molar-refractivity contribution is 6.24. The molecule has 0 N–H and O–H groups in total. The third-order valence-corrected chi connectivity index (χ3v) is 15.8. The van der Waals surface area contributed by atoms with Gasteiger partial charge >= 0.3 is 0 Å². The lowest BCUT2D eigenvalue weighted by Gasteiger charge is -2.42. The summed E-state index contributed by atoms with van der Waals surface area (Å²) in [6.45, 7) is 9.87. The van der Waals surface area contributed by atoms with Crippen molar-refractivity contribution < 1.29 is 0 Å². The summed E-state index contributed by atoms with van der Waals surface area (Å²) < 4.78 is 2.69. The molecule has 0 atom stereocenters. The molecule has 0 saturated heterocycles. The zero-order valence-electron chi connectivity index (χ0n) is 37.3. The van der Waals surface area contributed by atoms with Gasteiger partial charge in [0.25, 0.3) is 0 Å². The third kappa shape index (κ3) is 4.83. The number of hydrogen-bond acceptors (Lipinski definition) is 0. The van der Waals surface area contributed by atoms with Crippen molar-refractivity contribution in [2.24, 2.45) is 0 Å². The van der Waals surface area contributed by atoms with E-state index in [-0.39, 0.29) is 10.8 Å². The number of benzene rings is 10. The highest BCUT2D eigenvalue weighted by Crippen LogP contribution is 2.58. The van der Waals surface area contributed by atoms with Crippen LogP contribution in [0.15, 0.2) is 182 Å². The van der Waals surface area contributed by atoms with Gasteiger partial charge in [-0.05, 0) is 147 Å². The molecule has 3 aliphatic rings. The number of aromatic nitrogens is 1. The monoisotopic (exact) mass is 829 g/mol. The molecular weight excluding hydrogens is 783 g/mol. The summed E-state index contributed by atoms with van der Waals surface area (Å²) in [5, 5.41) is 10.5. The van der Waals surface area contributed by atoms with Gasteiger partial charge in [0.05, 0.1) is 16.7 Å². The predicted octanol–water partition coefficient (Wildman–Crippen LogP) is 17.1. The molecule has 0 unspecified atom stereocenters. The van der Waals surface area contributed by atoms with Crippen LogP contribution in [0.4, 0.5) is 0 Å². The SMILES string of the molecule is CC1(C)c2cccc3c2-n2c4c1cc(-c1c5c(c(-c6ccccc6)c6ccccc16)C=CCC5)cc4c1cc(-c4c5ccccc5c(-c5ccccc5)c5ccccc45)cc(c12)C3(C)C. The fourth-order valence-electron chi connectivity index (χ4n) is 12.8. The first-order valence-electron chi connectivity index (χ1n) is 23.4. The molecule has 11 aromatic rings. The normalized spacial score (nSPS) is 15.1. The zero-order chi connectivity index (χ0) is 43.3. The van der Waals surface area contributed by atoms with Crippen LogP contribution in [-0.2, 0) is 17.3 Å². The van der Waals surface area contributed by atoms with Gasteiger partial charge in [-0.3, -0.25) is 0 Å². The van der Waals surface area contributed by atoms with Crippen LogP contribution in [0, 0.1) is 0 Å². The third-order valence-electron chi connectivity index (χ3n) is 15.8. The molecule has 1 nitrogen and oxygen atoms in total. The molecule has 3 heterocycles. The van der Waals surface area contributed by atoms with Crippen molar-refractivity contribution in [3.63, 3.8) is 0 Å².